The average Bonchev–Trinajstić information content (AvgIpc) is 2.00. The lowest BCUT2D eigenvalue weighted by Gasteiger charge is -2.05. The summed E-state index contributed by atoms with van der Waals surface area (Å²) in [5, 5.41) is 11.0. The van der Waals surface area contributed by atoms with Gasteiger partial charge in [0.2, 0.25) is 5.91 Å². The molecule has 0 heterocycles. The van der Waals surface area contributed by atoms with Crippen LogP contribution in [0.2, 0.25) is 0 Å². The van der Waals surface area contributed by atoms with E-state index in [9.17, 15) is 9.59 Å². The predicted molar refractivity (Wildman–Crippen MR) is 44.6 cm³/mol. The molecule has 0 aliphatic heterocycles. The average molecular weight is 171 g/mol. The van der Waals surface area contributed by atoms with E-state index in [1.54, 1.807) is 6.08 Å². The van der Waals surface area contributed by atoms with Crippen LogP contribution < -0.4 is 5.32 Å². The SMILES string of the molecule is C=CCNC(=O)C[C@@H](C)C(=O)O. The fourth-order valence-electron chi connectivity index (χ4n) is 0.624. The molecule has 0 aliphatic rings. The molecular formula is C8H13NO3. The predicted octanol–water partition coefficient (Wildman–Crippen LogP) is 0.399. The molecule has 0 rings (SSSR count). The van der Waals surface area contributed by atoms with Gasteiger partial charge in [-0.2, -0.15) is 0 Å². The fourth-order valence-corrected chi connectivity index (χ4v) is 0.624. The molecule has 4 nitrogen and oxygen atoms in total. The number of carbonyl (C=O) groups excluding carboxylic acids is 1. The van der Waals surface area contributed by atoms with Crippen LogP contribution in [0.5, 0.6) is 0 Å². The van der Waals surface area contributed by atoms with Gasteiger partial charge in [-0.05, 0) is 0 Å². The normalized spacial score (nSPS) is 11.8. The van der Waals surface area contributed by atoms with Gasteiger partial charge in [-0.15, -0.1) is 6.58 Å². The Kier molecular flexibility index (Phi) is 4.76. The van der Waals surface area contributed by atoms with Crippen molar-refractivity contribution in [3.8, 4) is 0 Å². The lowest BCUT2D eigenvalue weighted by molar-refractivity contribution is -0.143. The maximum atomic E-state index is 10.9. The van der Waals surface area contributed by atoms with Crippen LogP contribution in [0.3, 0.4) is 0 Å². The molecule has 0 unspecified atom stereocenters. The van der Waals surface area contributed by atoms with Crippen molar-refractivity contribution in [2.75, 3.05) is 6.54 Å². The van der Waals surface area contributed by atoms with Crippen LogP contribution in [0.1, 0.15) is 13.3 Å². The number of amides is 1. The van der Waals surface area contributed by atoms with E-state index in [0.717, 1.165) is 0 Å². The summed E-state index contributed by atoms with van der Waals surface area (Å²) in [5.41, 5.74) is 0. The minimum Gasteiger partial charge on any atom is -0.481 e. The van der Waals surface area contributed by atoms with Crippen molar-refractivity contribution in [3.63, 3.8) is 0 Å². The smallest absolute Gasteiger partial charge is 0.306 e. The Morgan fingerprint density at radius 3 is 2.67 bits per heavy atom. The molecule has 0 radical (unpaired) electrons. The van der Waals surface area contributed by atoms with E-state index in [0.29, 0.717) is 6.54 Å². The largest absolute Gasteiger partial charge is 0.481 e. The first kappa shape index (κ1) is 10.7. The highest BCUT2D eigenvalue weighted by atomic mass is 16.4. The summed E-state index contributed by atoms with van der Waals surface area (Å²) in [6, 6.07) is 0. The molecule has 0 aromatic heterocycles. The van der Waals surface area contributed by atoms with Crippen molar-refractivity contribution in [2.24, 2.45) is 5.92 Å². The van der Waals surface area contributed by atoms with Crippen LogP contribution in [-0.2, 0) is 9.59 Å². The minimum absolute atomic E-state index is 0.0170. The van der Waals surface area contributed by atoms with Crippen molar-refractivity contribution in [2.45, 2.75) is 13.3 Å². The quantitative estimate of drug-likeness (QED) is 0.588. The summed E-state index contributed by atoms with van der Waals surface area (Å²) in [4.78, 5) is 21.2. The molecule has 1 atom stereocenters. The van der Waals surface area contributed by atoms with Gasteiger partial charge in [0.05, 0.1) is 5.92 Å². The molecule has 12 heavy (non-hydrogen) atoms. The molecular weight excluding hydrogens is 158 g/mol. The number of nitrogens with one attached hydrogen (secondary N) is 1. The Bertz CT molecular complexity index is 189. The van der Waals surface area contributed by atoms with Gasteiger partial charge in [0.15, 0.2) is 0 Å². The summed E-state index contributed by atoms with van der Waals surface area (Å²) in [6.45, 7) is 5.29. The van der Waals surface area contributed by atoms with E-state index in [4.69, 9.17) is 5.11 Å². The van der Waals surface area contributed by atoms with Crippen LogP contribution >= 0.6 is 0 Å². The van der Waals surface area contributed by atoms with Gasteiger partial charge in [-0.3, -0.25) is 9.59 Å². The van der Waals surface area contributed by atoms with E-state index in [2.05, 4.69) is 11.9 Å². The Balaban J connectivity index is 3.68. The third-order valence-corrected chi connectivity index (χ3v) is 1.36. The van der Waals surface area contributed by atoms with Gasteiger partial charge in [0, 0.05) is 13.0 Å². The summed E-state index contributed by atoms with van der Waals surface area (Å²) >= 11 is 0. The number of hydrogen-bond acceptors (Lipinski definition) is 2. The van der Waals surface area contributed by atoms with Gasteiger partial charge in [-0.25, -0.2) is 0 Å². The van der Waals surface area contributed by atoms with E-state index in [1.165, 1.54) is 6.92 Å². The monoisotopic (exact) mass is 171 g/mol. The molecule has 4 heteroatoms. The van der Waals surface area contributed by atoms with E-state index in [1.807, 2.05) is 0 Å². The zero-order valence-electron chi connectivity index (χ0n) is 7.04. The number of hydrogen-bond donors (Lipinski definition) is 2. The van der Waals surface area contributed by atoms with Crippen molar-refractivity contribution in [3.05, 3.63) is 12.7 Å². The molecule has 0 aliphatic carbocycles. The second-order valence-corrected chi connectivity index (χ2v) is 2.54. The lowest BCUT2D eigenvalue weighted by atomic mass is 10.1. The Hall–Kier alpha value is -1.32. The number of aliphatic carboxylic acids is 1. The first-order chi connectivity index (χ1) is 5.57. The van der Waals surface area contributed by atoms with Crippen molar-refractivity contribution >= 4 is 11.9 Å². The van der Waals surface area contributed by atoms with E-state index < -0.39 is 11.9 Å². The summed E-state index contributed by atoms with van der Waals surface area (Å²) in [7, 11) is 0. The first-order valence-electron chi connectivity index (χ1n) is 3.68. The van der Waals surface area contributed by atoms with Crippen LogP contribution in [0.25, 0.3) is 0 Å². The van der Waals surface area contributed by atoms with Crippen LogP contribution in [-0.4, -0.2) is 23.5 Å². The molecule has 0 fully saturated rings. The van der Waals surface area contributed by atoms with Crippen LogP contribution in [0.15, 0.2) is 12.7 Å². The van der Waals surface area contributed by atoms with E-state index >= 15 is 0 Å². The highest BCUT2D eigenvalue weighted by molar-refractivity contribution is 5.81. The van der Waals surface area contributed by atoms with Gasteiger partial charge < -0.3 is 10.4 Å². The summed E-state index contributed by atoms with van der Waals surface area (Å²) < 4.78 is 0. The molecule has 0 saturated carbocycles. The van der Waals surface area contributed by atoms with Gasteiger partial charge >= 0.3 is 5.97 Å². The minimum atomic E-state index is -0.955. The highest BCUT2D eigenvalue weighted by Gasteiger charge is 2.14. The molecule has 0 bridgehead atoms. The van der Waals surface area contributed by atoms with E-state index in [-0.39, 0.29) is 12.3 Å². The molecule has 68 valence electrons. The van der Waals surface area contributed by atoms with Crippen molar-refractivity contribution in [1.29, 1.82) is 0 Å². The number of carbonyl (C=O) groups is 2. The van der Waals surface area contributed by atoms with Crippen molar-refractivity contribution in [1.82, 2.24) is 5.32 Å². The second kappa shape index (κ2) is 5.35. The van der Waals surface area contributed by atoms with Crippen molar-refractivity contribution < 1.29 is 14.7 Å². The number of carboxylic acids is 1. The van der Waals surface area contributed by atoms with Gasteiger partial charge in [0.25, 0.3) is 0 Å². The molecule has 2 N–H and O–H groups in total. The molecule has 0 aromatic rings. The Morgan fingerprint density at radius 2 is 2.25 bits per heavy atom. The van der Waals surface area contributed by atoms with Crippen LogP contribution in [0.4, 0.5) is 0 Å². The zero-order chi connectivity index (χ0) is 9.56. The molecule has 1 amide bonds. The maximum absolute atomic E-state index is 10.9. The summed E-state index contributed by atoms with van der Waals surface area (Å²) in [5.74, 6) is -1.84. The number of rotatable bonds is 5. The third kappa shape index (κ3) is 4.49. The molecule has 0 saturated heterocycles. The summed E-state index contributed by atoms with van der Waals surface area (Å²) in [6.07, 6.45) is 1.56. The van der Waals surface area contributed by atoms with Crippen LogP contribution in [0, 0.1) is 5.92 Å². The third-order valence-electron chi connectivity index (χ3n) is 1.36. The molecule has 0 aromatic carbocycles. The second-order valence-electron chi connectivity index (χ2n) is 2.54. The standard InChI is InChI=1S/C8H13NO3/c1-3-4-9-7(10)5-6(2)8(11)12/h3,6H,1,4-5H2,2H3,(H,9,10)(H,11,12)/t6-/m1/s1. The topological polar surface area (TPSA) is 66.4 Å². The Morgan fingerprint density at radius 1 is 1.67 bits per heavy atom. The first-order valence-corrected chi connectivity index (χ1v) is 3.68. The van der Waals surface area contributed by atoms with Gasteiger partial charge in [-0.1, -0.05) is 13.0 Å². The van der Waals surface area contributed by atoms with Gasteiger partial charge in [0.1, 0.15) is 0 Å². The highest BCUT2D eigenvalue weighted by Crippen LogP contribution is 2.00. The molecule has 0 spiro atoms. The Labute approximate surface area is 71.3 Å². The number of carboxylic acid groups (broad SMARTS) is 1. The maximum Gasteiger partial charge on any atom is 0.306 e. The lowest BCUT2D eigenvalue weighted by Crippen LogP contribution is -2.27. The zero-order valence-corrected chi connectivity index (χ0v) is 7.04. The fraction of sp³-hybridized carbons (Fsp3) is 0.500.